The molecule has 0 N–H and O–H groups in total. The number of aldehydes is 1. The highest BCUT2D eigenvalue weighted by atomic mass is 35.5. The van der Waals surface area contributed by atoms with Gasteiger partial charge in [-0.2, -0.15) is 0 Å². The van der Waals surface area contributed by atoms with Crippen LogP contribution in [0.4, 0.5) is 0 Å². The molecule has 0 fully saturated rings. The number of thiazole rings is 1. The van der Waals surface area contributed by atoms with Gasteiger partial charge in [-0.05, 0) is 17.7 Å². The molecule has 0 atom stereocenters. The minimum atomic E-state index is 0.457. The molecule has 82 valence electrons. The molecule has 0 aliphatic rings. The second-order valence-corrected chi connectivity index (χ2v) is 5.03. The van der Waals surface area contributed by atoms with Crippen molar-refractivity contribution >= 4 is 29.2 Å². The normalized spacial score (nSPS) is 10.3. The minimum absolute atomic E-state index is 0.457. The molecule has 0 unspecified atom stereocenters. The van der Waals surface area contributed by atoms with Gasteiger partial charge in [0.2, 0.25) is 0 Å². The summed E-state index contributed by atoms with van der Waals surface area (Å²) in [5, 5.41) is 1.77. The van der Waals surface area contributed by atoms with Crippen LogP contribution in [0.3, 0.4) is 0 Å². The highest BCUT2D eigenvalue weighted by Gasteiger charge is 2.02. The Labute approximate surface area is 103 Å². The predicted molar refractivity (Wildman–Crippen MR) is 66.1 cm³/mol. The van der Waals surface area contributed by atoms with Gasteiger partial charge in [-0.25, -0.2) is 4.98 Å². The Morgan fingerprint density at radius 3 is 2.75 bits per heavy atom. The van der Waals surface area contributed by atoms with Crippen molar-refractivity contribution in [2.75, 3.05) is 0 Å². The molecular weight excluding hydrogens is 242 g/mol. The lowest BCUT2D eigenvalue weighted by Gasteiger charge is -1.97. The van der Waals surface area contributed by atoms with Crippen molar-refractivity contribution in [3.8, 4) is 0 Å². The summed E-state index contributed by atoms with van der Waals surface area (Å²) in [6, 6.07) is 7.72. The topological polar surface area (TPSA) is 30.0 Å². The van der Waals surface area contributed by atoms with E-state index in [9.17, 15) is 4.79 Å². The monoisotopic (exact) mass is 251 g/mol. The van der Waals surface area contributed by atoms with Gasteiger partial charge in [0, 0.05) is 28.9 Å². The van der Waals surface area contributed by atoms with Crippen LogP contribution in [0.1, 0.15) is 15.4 Å². The number of carbonyl (C=O) groups excluding carboxylic acids is 1. The van der Waals surface area contributed by atoms with Crippen LogP contribution in [0.2, 0.25) is 5.02 Å². The highest BCUT2D eigenvalue weighted by Crippen LogP contribution is 2.18. The molecule has 16 heavy (non-hydrogen) atoms. The molecule has 1 aromatic heterocycles. The summed E-state index contributed by atoms with van der Waals surface area (Å²) < 4.78 is 0. The molecule has 1 heterocycles. The van der Waals surface area contributed by atoms with E-state index < -0.39 is 0 Å². The van der Waals surface area contributed by atoms with Crippen LogP contribution in [0.15, 0.2) is 30.5 Å². The lowest BCUT2D eigenvalue weighted by molar-refractivity contribution is -0.107. The van der Waals surface area contributed by atoms with Crippen LogP contribution >= 0.6 is 22.9 Å². The fraction of sp³-hybridized carbons (Fsp3) is 0.167. The molecule has 1 aromatic carbocycles. The first-order valence-electron chi connectivity index (χ1n) is 4.89. The third kappa shape index (κ3) is 2.90. The van der Waals surface area contributed by atoms with E-state index in [-0.39, 0.29) is 0 Å². The number of benzene rings is 1. The molecule has 0 aliphatic carbocycles. The lowest BCUT2D eigenvalue weighted by atomic mass is 10.2. The number of carbonyl (C=O) groups is 1. The zero-order valence-electron chi connectivity index (χ0n) is 8.52. The number of hydrogen-bond donors (Lipinski definition) is 0. The Balaban J connectivity index is 2.08. The molecule has 2 nitrogen and oxygen atoms in total. The first kappa shape index (κ1) is 11.3. The minimum Gasteiger partial charge on any atom is -0.303 e. The van der Waals surface area contributed by atoms with E-state index in [0.29, 0.717) is 6.42 Å². The summed E-state index contributed by atoms with van der Waals surface area (Å²) >= 11 is 7.39. The molecule has 0 saturated carbocycles. The molecular formula is C12H10ClNOS. The largest absolute Gasteiger partial charge is 0.303 e. The fourth-order valence-corrected chi connectivity index (χ4v) is 2.41. The number of hydrogen-bond acceptors (Lipinski definition) is 3. The number of nitrogens with zero attached hydrogens (tertiary/aromatic N) is 1. The molecule has 0 radical (unpaired) electrons. The predicted octanol–water partition coefficient (Wildman–Crippen LogP) is 3.13. The zero-order valence-corrected chi connectivity index (χ0v) is 10.1. The van der Waals surface area contributed by atoms with Crippen molar-refractivity contribution in [3.63, 3.8) is 0 Å². The molecule has 0 aliphatic heterocycles. The number of halogens is 1. The van der Waals surface area contributed by atoms with Crippen molar-refractivity contribution in [2.45, 2.75) is 12.8 Å². The number of aromatic nitrogens is 1. The lowest BCUT2D eigenvalue weighted by Crippen LogP contribution is -1.85. The smallest absolute Gasteiger partial charge is 0.125 e. The van der Waals surface area contributed by atoms with Crippen molar-refractivity contribution in [1.29, 1.82) is 0 Å². The van der Waals surface area contributed by atoms with Crippen LogP contribution in [-0.4, -0.2) is 11.3 Å². The van der Waals surface area contributed by atoms with Gasteiger partial charge < -0.3 is 4.79 Å². The average Bonchev–Trinajstić information content (AvgIpc) is 2.70. The SMILES string of the molecule is O=CCc1cnc(Cc2ccc(Cl)cc2)s1. The van der Waals surface area contributed by atoms with E-state index >= 15 is 0 Å². The van der Waals surface area contributed by atoms with Crippen LogP contribution in [-0.2, 0) is 17.6 Å². The summed E-state index contributed by atoms with van der Waals surface area (Å²) in [5.74, 6) is 0. The third-order valence-corrected chi connectivity index (χ3v) is 3.43. The zero-order chi connectivity index (χ0) is 11.4. The van der Waals surface area contributed by atoms with Gasteiger partial charge in [-0.3, -0.25) is 0 Å². The van der Waals surface area contributed by atoms with Crippen molar-refractivity contribution in [2.24, 2.45) is 0 Å². The first-order valence-corrected chi connectivity index (χ1v) is 6.09. The second-order valence-electron chi connectivity index (χ2n) is 3.39. The van der Waals surface area contributed by atoms with E-state index in [1.54, 1.807) is 17.5 Å². The molecule has 0 bridgehead atoms. The molecule has 0 amide bonds. The maximum absolute atomic E-state index is 10.3. The summed E-state index contributed by atoms with van der Waals surface area (Å²) in [4.78, 5) is 15.6. The maximum atomic E-state index is 10.3. The summed E-state index contributed by atoms with van der Waals surface area (Å²) in [6.45, 7) is 0. The molecule has 0 spiro atoms. The summed E-state index contributed by atoms with van der Waals surface area (Å²) in [7, 11) is 0. The molecule has 0 saturated heterocycles. The van der Waals surface area contributed by atoms with Gasteiger partial charge >= 0.3 is 0 Å². The third-order valence-electron chi connectivity index (χ3n) is 2.15. The Kier molecular flexibility index (Phi) is 3.70. The Bertz CT molecular complexity index is 478. The van der Waals surface area contributed by atoms with Gasteiger partial charge in [0.05, 0.1) is 5.01 Å². The van der Waals surface area contributed by atoms with Gasteiger partial charge in [0.15, 0.2) is 0 Å². The van der Waals surface area contributed by atoms with Crippen molar-refractivity contribution in [1.82, 2.24) is 4.98 Å². The quantitative estimate of drug-likeness (QED) is 0.782. The maximum Gasteiger partial charge on any atom is 0.125 e. The van der Waals surface area contributed by atoms with E-state index in [4.69, 9.17) is 11.6 Å². The number of rotatable bonds is 4. The van der Waals surface area contributed by atoms with E-state index in [0.717, 1.165) is 27.6 Å². The van der Waals surface area contributed by atoms with Crippen LogP contribution in [0, 0.1) is 0 Å². The highest BCUT2D eigenvalue weighted by molar-refractivity contribution is 7.11. The Morgan fingerprint density at radius 2 is 2.06 bits per heavy atom. The Hall–Kier alpha value is -1.19. The van der Waals surface area contributed by atoms with Gasteiger partial charge in [-0.15, -0.1) is 11.3 Å². The second kappa shape index (κ2) is 5.23. The standard InChI is InChI=1S/C12H10ClNOS/c13-10-3-1-9(2-4-10)7-12-14-8-11(16-12)5-6-15/h1-4,6,8H,5,7H2. The van der Waals surface area contributed by atoms with Crippen LogP contribution in [0.5, 0.6) is 0 Å². The van der Waals surface area contributed by atoms with Crippen LogP contribution < -0.4 is 0 Å². The first-order chi connectivity index (χ1) is 7.78. The van der Waals surface area contributed by atoms with E-state index in [1.807, 2.05) is 24.3 Å². The molecule has 2 rings (SSSR count). The molecule has 2 aromatic rings. The summed E-state index contributed by atoms with van der Waals surface area (Å²) in [5.41, 5.74) is 1.18. The molecule has 4 heteroatoms. The fourth-order valence-electron chi connectivity index (χ4n) is 1.38. The Morgan fingerprint density at radius 1 is 1.31 bits per heavy atom. The van der Waals surface area contributed by atoms with Crippen LogP contribution in [0.25, 0.3) is 0 Å². The van der Waals surface area contributed by atoms with Gasteiger partial charge in [0.1, 0.15) is 6.29 Å². The summed E-state index contributed by atoms with van der Waals surface area (Å²) in [6.07, 6.45) is 3.92. The van der Waals surface area contributed by atoms with E-state index in [1.165, 1.54) is 5.56 Å². The average molecular weight is 252 g/mol. The van der Waals surface area contributed by atoms with Crippen molar-refractivity contribution in [3.05, 3.63) is 50.9 Å². The van der Waals surface area contributed by atoms with Gasteiger partial charge in [-0.1, -0.05) is 23.7 Å². The van der Waals surface area contributed by atoms with Crippen molar-refractivity contribution < 1.29 is 4.79 Å². The van der Waals surface area contributed by atoms with E-state index in [2.05, 4.69) is 4.98 Å². The van der Waals surface area contributed by atoms with Gasteiger partial charge in [0.25, 0.3) is 0 Å².